The molecule has 80 valence electrons. The average molecular weight is 212 g/mol. The Kier molecular flexibility index (Phi) is 3.67. The summed E-state index contributed by atoms with van der Waals surface area (Å²) in [6, 6.07) is 0. The number of nitrogens with zero attached hydrogens (tertiary/aromatic N) is 1. The number of thiazole rings is 1. The fourth-order valence-corrected chi connectivity index (χ4v) is 2.36. The molecule has 1 rings (SSSR count). The van der Waals surface area contributed by atoms with E-state index in [0.717, 1.165) is 6.54 Å². The summed E-state index contributed by atoms with van der Waals surface area (Å²) in [7, 11) is 1.98. The van der Waals surface area contributed by atoms with E-state index in [-0.39, 0.29) is 5.41 Å². The van der Waals surface area contributed by atoms with Crippen LogP contribution in [0.5, 0.6) is 0 Å². The smallest absolute Gasteiger partial charge is 0.0969 e. The van der Waals surface area contributed by atoms with Crippen molar-refractivity contribution in [2.75, 3.05) is 13.6 Å². The molecular formula is C11H20N2S. The Morgan fingerprint density at radius 3 is 2.57 bits per heavy atom. The van der Waals surface area contributed by atoms with Gasteiger partial charge in [0.1, 0.15) is 0 Å². The molecule has 3 heteroatoms. The Hall–Kier alpha value is -0.410. The van der Waals surface area contributed by atoms with Gasteiger partial charge in [0.15, 0.2) is 0 Å². The minimum Gasteiger partial charge on any atom is -0.319 e. The Morgan fingerprint density at radius 2 is 2.14 bits per heavy atom. The number of rotatable bonds is 3. The minimum absolute atomic E-state index is 0.175. The van der Waals surface area contributed by atoms with Crippen molar-refractivity contribution in [3.05, 3.63) is 16.1 Å². The molecule has 1 atom stereocenters. The van der Waals surface area contributed by atoms with E-state index in [2.05, 4.69) is 43.4 Å². The average Bonchev–Trinajstić information content (AvgIpc) is 2.51. The summed E-state index contributed by atoms with van der Waals surface area (Å²) in [6.45, 7) is 9.82. The Morgan fingerprint density at radius 1 is 1.50 bits per heavy atom. The molecule has 0 aliphatic rings. The summed E-state index contributed by atoms with van der Waals surface area (Å²) in [5.41, 5.74) is 1.38. The van der Waals surface area contributed by atoms with Crippen molar-refractivity contribution >= 4 is 11.3 Å². The second-order valence-electron chi connectivity index (χ2n) is 4.78. The van der Waals surface area contributed by atoms with Gasteiger partial charge in [0, 0.05) is 23.3 Å². The first-order chi connectivity index (χ1) is 6.45. The first-order valence-electron chi connectivity index (χ1n) is 5.05. The molecule has 0 aliphatic carbocycles. The lowest BCUT2D eigenvalue weighted by Gasteiger charge is -2.14. The van der Waals surface area contributed by atoms with E-state index in [1.165, 1.54) is 10.7 Å². The van der Waals surface area contributed by atoms with Crippen LogP contribution in [0.2, 0.25) is 0 Å². The first-order valence-corrected chi connectivity index (χ1v) is 5.93. The molecule has 0 saturated carbocycles. The molecule has 2 nitrogen and oxygen atoms in total. The maximum atomic E-state index is 4.68. The monoisotopic (exact) mass is 212 g/mol. The molecule has 1 unspecified atom stereocenters. The zero-order valence-corrected chi connectivity index (χ0v) is 10.5. The van der Waals surface area contributed by atoms with Gasteiger partial charge in [0.25, 0.3) is 0 Å². The Balaban J connectivity index is 2.78. The van der Waals surface area contributed by atoms with Gasteiger partial charge in [-0.2, -0.15) is 0 Å². The third kappa shape index (κ3) is 2.79. The van der Waals surface area contributed by atoms with Crippen LogP contribution in [-0.4, -0.2) is 18.6 Å². The van der Waals surface area contributed by atoms with Crippen molar-refractivity contribution in [3.63, 3.8) is 0 Å². The third-order valence-corrected chi connectivity index (χ3v) is 3.30. The molecule has 1 aromatic rings. The lowest BCUT2D eigenvalue weighted by Crippen LogP contribution is -2.16. The van der Waals surface area contributed by atoms with Crippen molar-refractivity contribution in [2.24, 2.45) is 0 Å². The third-order valence-electron chi connectivity index (χ3n) is 2.22. The summed E-state index contributed by atoms with van der Waals surface area (Å²) in [6.07, 6.45) is 0. The van der Waals surface area contributed by atoms with Crippen molar-refractivity contribution in [3.8, 4) is 0 Å². The van der Waals surface area contributed by atoms with Crippen molar-refractivity contribution in [1.82, 2.24) is 10.3 Å². The van der Waals surface area contributed by atoms with E-state index in [4.69, 9.17) is 0 Å². The van der Waals surface area contributed by atoms with Gasteiger partial charge in [-0.25, -0.2) is 4.98 Å². The largest absolute Gasteiger partial charge is 0.319 e. The molecule has 0 spiro atoms. The second-order valence-corrected chi connectivity index (χ2v) is 5.67. The highest BCUT2D eigenvalue weighted by Gasteiger charge is 2.18. The molecule has 0 aromatic carbocycles. The van der Waals surface area contributed by atoms with Crippen LogP contribution >= 0.6 is 11.3 Å². The predicted molar refractivity (Wildman–Crippen MR) is 63.2 cm³/mol. The molecular weight excluding hydrogens is 192 g/mol. The zero-order valence-electron chi connectivity index (χ0n) is 9.72. The molecule has 0 radical (unpaired) electrons. The van der Waals surface area contributed by atoms with E-state index in [1.807, 2.05) is 7.05 Å². The van der Waals surface area contributed by atoms with Crippen LogP contribution in [0.15, 0.2) is 5.38 Å². The highest BCUT2D eigenvalue weighted by Crippen LogP contribution is 2.27. The predicted octanol–water partition coefficient (Wildman–Crippen LogP) is 2.76. The summed E-state index contributed by atoms with van der Waals surface area (Å²) < 4.78 is 0. The molecule has 14 heavy (non-hydrogen) atoms. The SMILES string of the molecule is CNCC(C)c1nc(C(C)(C)C)cs1. The Bertz CT molecular complexity index is 286. The van der Waals surface area contributed by atoms with Crippen molar-refractivity contribution in [1.29, 1.82) is 0 Å². The minimum atomic E-state index is 0.175. The van der Waals surface area contributed by atoms with Crippen LogP contribution < -0.4 is 5.32 Å². The number of hydrogen-bond donors (Lipinski definition) is 1. The summed E-state index contributed by atoms with van der Waals surface area (Å²) in [4.78, 5) is 4.68. The molecule has 0 bridgehead atoms. The number of aromatic nitrogens is 1. The summed E-state index contributed by atoms with van der Waals surface area (Å²) in [5.74, 6) is 0.515. The fourth-order valence-electron chi connectivity index (χ4n) is 1.25. The number of nitrogens with one attached hydrogen (secondary N) is 1. The molecule has 0 aliphatic heterocycles. The molecule has 1 aromatic heterocycles. The molecule has 0 amide bonds. The van der Waals surface area contributed by atoms with Crippen LogP contribution in [0.1, 0.15) is 44.3 Å². The fraction of sp³-hybridized carbons (Fsp3) is 0.727. The number of hydrogen-bond acceptors (Lipinski definition) is 3. The van der Waals surface area contributed by atoms with Crippen LogP contribution in [0.4, 0.5) is 0 Å². The second kappa shape index (κ2) is 4.41. The quantitative estimate of drug-likeness (QED) is 0.833. The van der Waals surface area contributed by atoms with Gasteiger partial charge in [-0.1, -0.05) is 27.7 Å². The van der Waals surface area contributed by atoms with Gasteiger partial charge >= 0.3 is 0 Å². The summed E-state index contributed by atoms with van der Waals surface area (Å²) in [5, 5.41) is 6.60. The highest BCUT2D eigenvalue weighted by molar-refractivity contribution is 7.09. The van der Waals surface area contributed by atoms with Crippen molar-refractivity contribution < 1.29 is 0 Å². The van der Waals surface area contributed by atoms with E-state index in [9.17, 15) is 0 Å². The molecule has 1 N–H and O–H groups in total. The first kappa shape index (κ1) is 11.7. The van der Waals surface area contributed by atoms with Crippen LogP contribution in [0, 0.1) is 0 Å². The Labute approximate surface area is 90.8 Å². The maximum absolute atomic E-state index is 4.68. The molecule has 1 heterocycles. The van der Waals surface area contributed by atoms with Crippen LogP contribution in [0.25, 0.3) is 0 Å². The van der Waals surface area contributed by atoms with Gasteiger partial charge in [-0.05, 0) is 7.05 Å². The van der Waals surface area contributed by atoms with E-state index in [1.54, 1.807) is 11.3 Å². The van der Waals surface area contributed by atoms with E-state index >= 15 is 0 Å². The van der Waals surface area contributed by atoms with E-state index in [0.29, 0.717) is 5.92 Å². The standard InChI is InChI=1S/C11H20N2S/c1-8(6-12-5)10-13-9(7-14-10)11(2,3)4/h7-8,12H,6H2,1-5H3. The lowest BCUT2D eigenvalue weighted by atomic mass is 9.93. The van der Waals surface area contributed by atoms with Gasteiger partial charge in [0.05, 0.1) is 10.7 Å². The lowest BCUT2D eigenvalue weighted by molar-refractivity contribution is 0.566. The van der Waals surface area contributed by atoms with E-state index < -0.39 is 0 Å². The normalized spacial score (nSPS) is 14.4. The molecule has 0 saturated heterocycles. The molecule has 0 fully saturated rings. The van der Waals surface area contributed by atoms with Crippen LogP contribution in [0.3, 0.4) is 0 Å². The van der Waals surface area contributed by atoms with Gasteiger partial charge in [0.2, 0.25) is 0 Å². The van der Waals surface area contributed by atoms with Gasteiger partial charge in [-0.3, -0.25) is 0 Å². The topological polar surface area (TPSA) is 24.9 Å². The number of likely N-dealkylation sites (N-methyl/N-ethyl adjacent to an activating group) is 1. The van der Waals surface area contributed by atoms with Crippen molar-refractivity contribution in [2.45, 2.75) is 39.0 Å². The van der Waals surface area contributed by atoms with Gasteiger partial charge < -0.3 is 5.32 Å². The highest BCUT2D eigenvalue weighted by atomic mass is 32.1. The maximum Gasteiger partial charge on any atom is 0.0969 e. The zero-order chi connectivity index (χ0) is 10.8. The summed E-state index contributed by atoms with van der Waals surface area (Å²) >= 11 is 1.77. The van der Waals surface area contributed by atoms with Gasteiger partial charge in [-0.15, -0.1) is 11.3 Å². The van der Waals surface area contributed by atoms with Crippen LogP contribution in [-0.2, 0) is 5.41 Å².